The van der Waals surface area contributed by atoms with Gasteiger partial charge in [-0.25, -0.2) is 5.43 Å². The normalized spacial score (nSPS) is 22.4. The molecular formula is C9H15N3O2. The van der Waals surface area contributed by atoms with Crippen LogP contribution in [0.1, 0.15) is 20.8 Å². The summed E-state index contributed by atoms with van der Waals surface area (Å²) >= 11 is 0. The Morgan fingerprint density at radius 3 is 2.79 bits per heavy atom. The molecule has 0 aromatic rings. The van der Waals surface area contributed by atoms with Gasteiger partial charge in [0.05, 0.1) is 11.4 Å². The largest absolute Gasteiger partial charge is 0.399 e. The molecule has 5 nitrogen and oxygen atoms in total. The van der Waals surface area contributed by atoms with Crippen molar-refractivity contribution in [1.29, 1.82) is 0 Å². The zero-order chi connectivity index (χ0) is 10.7. The summed E-state index contributed by atoms with van der Waals surface area (Å²) in [6, 6.07) is 0. The Bertz CT molecular complexity index is 294. The molecule has 0 saturated heterocycles. The molecule has 1 unspecified atom stereocenters. The van der Waals surface area contributed by atoms with Gasteiger partial charge in [-0.15, -0.1) is 0 Å². The quantitative estimate of drug-likeness (QED) is 0.536. The Morgan fingerprint density at radius 2 is 2.29 bits per heavy atom. The summed E-state index contributed by atoms with van der Waals surface area (Å²) in [7, 11) is 1.46. The van der Waals surface area contributed by atoms with Gasteiger partial charge in [0.2, 0.25) is 0 Å². The highest BCUT2D eigenvalue weighted by Gasteiger charge is 2.34. The van der Waals surface area contributed by atoms with E-state index in [-0.39, 0.29) is 17.7 Å². The van der Waals surface area contributed by atoms with Gasteiger partial charge in [0, 0.05) is 0 Å². The number of hydrogen-bond donors (Lipinski definition) is 1. The van der Waals surface area contributed by atoms with Crippen LogP contribution in [0.5, 0.6) is 0 Å². The van der Waals surface area contributed by atoms with E-state index in [4.69, 9.17) is 0 Å². The molecule has 5 heteroatoms. The maximum absolute atomic E-state index is 11.4. The summed E-state index contributed by atoms with van der Waals surface area (Å²) in [6.07, 6.45) is 0. The minimum absolute atomic E-state index is 0.132. The van der Waals surface area contributed by atoms with Crippen LogP contribution in [-0.2, 0) is 9.63 Å². The van der Waals surface area contributed by atoms with E-state index in [1.165, 1.54) is 7.11 Å². The predicted octanol–water partition coefficient (Wildman–Crippen LogP) is 0.767. The minimum atomic E-state index is -0.366. The molecule has 78 valence electrons. The lowest BCUT2D eigenvalue weighted by molar-refractivity contribution is -0.120. The van der Waals surface area contributed by atoms with Crippen molar-refractivity contribution in [3.8, 4) is 0 Å². The summed E-state index contributed by atoms with van der Waals surface area (Å²) in [6.45, 7) is 5.75. The molecule has 0 fully saturated rings. The Labute approximate surface area is 83.2 Å². The molecule has 0 aromatic carbocycles. The monoisotopic (exact) mass is 197 g/mol. The molecule has 0 saturated carbocycles. The van der Waals surface area contributed by atoms with Crippen molar-refractivity contribution in [3.05, 3.63) is 0 Å². The van der Waals surface area contributed by atoms with Gasteiger partial charge in [-0.1, -0.05) is 19.0 Å². The highest BCUT2D eigenvalue weighted by molar-refractivity contribution is 6.24. The van der Waals surface area contributed by atoms with Crippen LogP contribution in [0, 0.1) is 11.8 Å². The lowest BCUT2D eigenvalue weighted by atomic mass is 9.91. The van der Waals surface area contributed by atoms with Crippen LogP contribution in [-0.4, -0.2) is 24.4 Å². The highest BCUT2D eigenvalue weighted by Crippen LogP contribution is 2.16. The summed E-state index contributed by atoms with van der Waals surface area (Å²) in [4.78, 5) is 16.1. The summed E-state index contributed by atoms with van der Waals surface area (Å²) < 4.78 is 0. The number of carbonyl (C=O) groups is 1. The van der Waals surface area contributed by atoms with E-state index in [2.05, 4.69) is 20.5 Å². The highest BCUT2D eigenvalue weighted by atomic mass is 16.6. The van der Waals surface area contributed by atoms with Crippen LogP contribution < -0.4 is 5.43 Å². The molecule has 14 heavy (non-hydrogen) atoms. The third-order valence-corrected chi connectivity index (χ3v) is 2.10. The Hall–Kier alpha value is -1.39. The summed E-state index contributed by atoms with van der Waals surface area (Å²) in [5.74, 6) is -0.275. The zero-order valence-corrected chi connectivity index (χ0v) is 8.87. The lowest BCUT2D eigenvalue weighted by Crippen LogP contribution is -2.31. The molecule has 1 aliphatic heterocycles. The van der Waals surface area contributed by atoms with E-state index >= 15 is 0 Å². The second-order valence-corrected chi connectivity index (χ2v) is 3.52. The first-order valence-corrected chi connectivity index (χ1v) is 4.53. The lowest BCUT2D eigenvalue weighted by Gasteiger charge is -2.11. The molecule has 1 atom stereocenters. The molecule has 1 N–H and O–H groups in total. The smallest absolute Gasteiger partial charge is 0.254 e. The van der Waals surface area contributed by atoms with Crippen molar-refractivity contribution >= 4 is 17.3 Å². The average Bonchev–Trinajstić information content (AvgIpc) is 2.47. The number of rotatable bonds is 3. The van der Waals surface area contributed by atoms with Gasteiger partial charge in [-0.2, -0.15) is 5.10 Å². The van der Waals surface area contributed by atoms with Gasteiger partial charge >= 0.3 is 0 Å². The van der Waals surface area contributed by atoms with Gasteiger partial charge in [0.15, 0.2) is 0 Å². The van der Waals surface area contributed by atoms with Crippen LogP contribution in [0.2, 0.25) is 0 Å². The van der Waals surface area contributed by atoms with E-state index in [1.807, 2.05) is 13.8 Å². The number of amides is 1. The number of nitrogens with zero attached hydrogens (tertiary/aromatic N) is 2. The van der Waals surface area contributed by atoms with Crippen molar-refractivity contribution in [1.82, 2.24) is 5.43 Å². The molecule has 0 bridgehead atoms. The maximum atomic E-state index is 11.4. The van der Waals surface area contributed by atoms with Gasteiger partial charge in [-0.3, -0.25) is 4.79 Å². The van der Waals surface area contributed by atoms with E-state index in [0.717, 1.165) is 5.71 Å². The molecule has 0 aromatic heterocycles. The Kier molecular flexibility index (Phi) is 3.22. The fourth-order valence-corrected chi connectivity index (χ4v) is 1.45. The maximum Gasteiger partial charge on any atom is 0.254 e. The van der Waals surface area contributed by atoms with E-state index < -0.39 is 0 Å². The fourth-order valence-electron chi connectivity index (χ4n) is 1.45. The number of hydrogen-bond acceptors (Lipinski definition) is 4. The Morgan fingerprint density at radius 1 is 1.64 bits per heavy atom. The van der Waals surface area contributed by atoms with Gasteiger partial charge in [0.25, 0.3) is 5.91 Å². The van der Waals surface area contributed by atoms with Crippen molar-refractivity contribution in [2.45, 2.75) is 20.8 Å². The van der Waals surface area contributed by atoms with Crippen LogP contribution in [0.4, 0.5) is 0 Å². The molecule has 1 heterocycles. The predicted molar refractivity (Wildman–Crippen MR) is 54.0 cm³/mol. The molecule has 1 aliphatic rings. The third-order valence-electron chi connectivity index (χ3n) is 2.10. The molecule has 0 spiro atoms. The van der Waals surface area contributed by atoms with Crippen LogP contribution in [0.25, 0.3) is 0 Å². The van der Waals surface area contributed by atoms with Gasteiger partial charge in [0.1, 0.15) is 13.0 Å². The first kappa shape index (κ1) is 10.7. The average molecular weight is 197 g/mol. The van der Waals surface area contributed by atoms with Crippen molar-refractivity contribution in [3.63, 3.8) is 0 Å². The second kappa shape index (κ2) is 4.21. The minimum Gasteiger partial charge on any atom is -0.399 e. The molecular weight excluding hydrogens is 182 g/mol. The van der Waals surface area contributed by atoms with E-state index in [1.54, 1.807) is 6.92 Å². The molecule has 1 amide bonds. The Balaban J connectivity index is 2.90. The number of carbonyl (C=O) groups excluding carboxylic acids is 1. The number of hydrazone groups is 1. The SMILES string of the molecule is CON=C(C)C1C(=O)NN=C1C(C)C. The van der Waals surface area contributed by atoms with Crippen LogP contribution in [0.3, 0.4) is 0 Å². The molecule has 1 rings (SSSR count). The number of oxime groups is 1. The molecule has 0 radical (unpaired) electrons. The molecule has 0 aliphatic carbocycles. The van der Waals surface area contributed by atoms with Crippen molar-refractivity contribution < 1.29 is 9.63 Å². The van der Waals surface area contributed by atoms with Crippen LogP contribution in [0.15, 0.2) is 10.3 Å². The first-order valence-electron chi connectivity index (χ1n) is 4.53. The van der Waals surface area contributed by atoms with Gasteiger partial charge < -0.3 is 4.84 Å². The van der Waals surface area contributed by atoms with Crippen molar-refractivity contribution in [2.75, 3.05) is 7.11 Å². The van der Waals surface area contributed by atoms with Crippen molar-refractivity contribution in [2.24, 2.45) is 22.1 Å². The third kappa shape index (κ3) is 1.92. The topological polar surface area (TPSA) is 63.0 Å². The second-order valence-electron chi connectivity index (χ2n) is 3.52. The van der Waals surface area contributed by atoms with Crippen LogP contribution >= 0.6 is 0 Å². The summed E-state index contributed by atoms with van der Waals surface area (Å²) in [5, 5.41) is 7.75. The standard InChI is InChI=1S/C9H15N3O2/c1-5(2)8-7(6(3)12-14-4)9(13)11-10-8/h5,7H,1-4H3,(H,11,13). The van der Waals surface area contributed by atoms with E-state index in [9.17, 15) is 4.79 Å². The van der Waals surface area contributed by atoms with E-state index in [0.29, 0.717) is 5.71 Å². The van der Waals surface area contributed by atoms with Gasteiger partial charge in [-0.05, 0) is 12.8 Å². The fraction of sp³-hybridized carbons (Fsp3) is 0.667. The first-order chi connectivity index (χ1) is 6.57. The zero-order valence-electron chi connectivity index (χ0n) is 8.87. The summed E-state index contributed by atoms with van der Waals surface area (Å²) in [5.41, 5.74) is 3.90. The number of nitrogens with one attached hydrogen (secondary N) is 1.